The van der Waals surface area contributed by atoms with E-state index >= 15 is 0 Å². The maximum atomic E-state index is 12.1. The van der Waals surface area contributed by atoms with Crippen LogP contribution in [0, 0.1) is 11.8 Å². The van der Waals surface area contributed by atoms with Gasteiger partial charge in [0, 0.05) is 18.7 Å². The molecule has 0 radical (unpaired) electrons. The van der Waals surface area contributed by atoms with Crippen LogP contribution >= 0.6 is 0 Å². The summed E-state index contributed by atoms with van der Waals surface area (Å²) in [5.41, 5.74) is 0.671. The minimum atomic E-state index is -3.29. The van der Waals surface area contributed by atoms with Crippen LogP contribution in [0.5, 0.6) is 0 Å². The largest absolute Gasteiger partial charge is 0.481 e. The van der Waals surface area contributed by atoms with Crippen LogP contribution in [0.2, 0.25) is 0 Å². The highest BCUT2D eigenvalue weighted by Crippen LogP contribution is 2.31. The highest BCUT2D eigenvalue weighted by Gasteiger charge is 2.33. The highest BCUT2D eigenvalue weighted by atomic mass is 32.2. The lowest BCUT2D eigenvalue weighted by molar-refractivity contribution is -0.141. The minimum Gasteiger partial charge on any atom is -0.481 e. The first-order chi connectivity index (χ1) is 10.8. The number of aliphatic carboxylic acids is 1. The Labute approximate surface area is 135 Å². The molecule has 2 rings (SSSR count). The number of amides is 1. The molecule has 1 aliphatic carbocycles. The second-order valence-electron chi connectivity index (χ2n) is 5.97. The summed E-state index contributed by atoms with van der Waals surface area (Å²) in [6, 6.07) is 6.72. The first-order valence-corrected chi connectivity index (χ1v) is 9.46. The Hall–Kier alpha value is -1.89. The number of sulfone groups is 1. The van der Waals surface area contributed by atoms with E-state index in [0.29, 0.717) is 37.8 Å². The smallest absolute Gasteiger partial charge is 0.306 e. The third-order valence-corrected chi connectivity index (χ3v) is 5.42. The summed E-state index contributed by atoms with van der Waals surface area (Å²) < 4.78 is 23.4. The fraction of sp³-hybridized carbons (Fsp3) is 0.500. The van der Waals surface area contributed by atoms with Gasteiger partial charge >= 0.3 is 5.97 Å². The van der Waals surface area contributed by atoms with Crippen molar-refractivity contribution < 1.29 is 23.1 Å². The van der Waals surface area contributed by atoms with Gasteiger partial charge in [-0.2, -0.15) is 0 Å². The summed E-state index contributed by atoms with van der Waals surface area (Å²) in [4.78, 5) is 23.3. The molecule has 1 aliphatic rings. The number of benzene rings is 1. The van der Waals surface area contributed by atoms with Gasteiger partial charge < -0.3 is 10.4 Å². The summed E-state index contributed by atoms with van der Waals surface area (Å²) in [7, 11) is -3.29. The normalized spacial score (nSPS) is 21.1. The summed E-state index contributed by atoms with van der Waals surface area (Å²) in [5, 5.41) is 11.7. The van der Waals surface area contributed by atoms with E-state index in [-0.39, 0.29) is 16.7 Å². The van der Waals surface area contributed by atoms with Gasteiger partial charge in [-0.05, 0) is 37.3 Å². The fourth-order valence-electron chi connectivity index (χ4n) is 2.98. The molecule has 2 unspecified atom stereocenters. The van der Waals surface area contributed by atoms with Crippen molar-refractivity contribution in [2.45, 2.75) is 30.6 Å². The molecule has 0 saturated heterocycles. The molecule has 1 aromatic carbocycles. The van der Waals surface area contributed by atoms with Crippen molar-refractivity contribution in [3.8, 4) is 0 Å². The van der Waals surface area contributed by atoms with Crippen molar-refractivity contribution in [2.24, 2.45) is 11.8 Å². The van der Waals surface area contributed by atoms with E-state index in [4.69, 9.17) is 5.11 Å². The molecule has 0 heterocycles. The molecule has 1 fully saturated rings. The van der Waals surface area contributed by atoms with E-state index in [1.807, 2.05) is 0 Å². The van der Waals surface area contributed by atoms with Gasteiger partial charge in [0.25, 0.3) is 0 Å². The zero-order chi connectivity index (χ0) is 17.0. The minimum absolute atomic E-state index is 0.148. The molecule has 0 aromatic heterocycles. The number of hydrogen-bond donors (Lipinski definition) is 2. The van der Waals surface area contributed by atoms with E-state index in [9.17, 15) is 18.0 Å². The second-order valence-corrected chi connectivity index (χ2v) is 7.95. The molecule has 1 aromatic rings. The lowest BCUT2D eigenvalue weighted by Gasteiger charge is -2.12. The van der Waals surface area contributed by atoms with Gasteiger partial charge in [-0.1, -0.05) is 18.2 Å². The fourth-order valence-corrected chi connectivity index (χ4v) is 3.95. The molecule has 23 heavy (non-hydrogen) atoms. The number of hydrogen-bond acceptors (Lipinski definition) is 4. The van der Waals surface area contributed by atoms with Crippen LogP contribution in [-0.4, -0.2) is 38.2 Å². The molecule has 2 atom stereocenters. The van der Waals surface area contributed by atoms with E-state index in [2.05, 4.69) is 5.32 Å². The Morgan fingerprint density at radius 1 is 1.22 bits per heavy atom. The van der Waals surface area contributed by atoms with Crippen molar-refractivity contribution in [1.29, 1.82) is 0 Å². The molecule has 7 heteroatoms. The Kier molecular flexibility index (Phi) is 5.41. The van der Waals surface area contributed by atoms with Crippen molar-refractivity contribution in [1.82, 2.24) is 5.32 Å². The van der Waals surface area contributed by atoms with Gasteiger partial charge in [-0.25, -0.2) is 8.42 Å². The van der Waals surface area contributed by atoms with E-state index < -0.39 is 21.7 Å². The summed E-state index contributed by atoms with van der Waals surface area (Å²) in [5.74, 6) is -1.69. The molecule has 1 saturated carbocycles. The summed E-state index contributed by atoms with van der Waals surface area (Å²) in [6.07, 6.45) is 3.08. The van der Waals surface area contributed by atoms with Gasteiger partial charge in [0.2, 0.25) is 5.91 Å². The zero-order valence-corrected chi connectivity index (χ0v) is 13.8. The average Bonchev–Trinajstić information content (AvgIpc) is 2.96. The predicted molar refractivity (Wildman–Crippen MR) is 84.7 cm³/mol. The molecule has 126 valence electrons. The average molecular weight is 339 g/mol. The Morgan fingerprint density at radius 3 is 2.48 bits per heavy atom. The first kappa shape index (κ1) is 17.5. The lowest BCUT2D eigenvalue weighted by atomic mass is 10.0. The first-order valence-electron chi connectivity index (χ1n) is 7.57. The van der Waals surface area contributed by atoms with Crippen LogP contribution in [-0.2, 0) is 25.8 Å². The maximum absolute atomic E-state index is 12.1. The van der Waals surface area contributed by atoms with Crippen molar-refractivity contribution in [2.75, 3.05) is 12.8 Å². The number of carbonyl (C=O) groups is 2. The monoisotopic (exact) mass is 339 g/mol. The molecular formula is C16H21NO5S. The van der Waals surface area contributed by atoms with Gasteiger partial charge in [0.05, 0.1) is 10.8 Å². The van der Waals surface area contributed by atoms with Crippen molar-refractivity contribution in [3.63, 3.8) is 0 Å². The van der Waals surface area contributed by atoms with Crippen molar-refractivity contribution in [3.05, 3.63) is 29.8 Å². The Bertz CT molecular complexity index is 698. The molecule has 0 bridgehead atoms. The molecule has 2 N–H and O–H groups in total. The van der Waals surface area contributed by atoms with Crippen molar-refractivity contribution >= 4 is 21.7 Å². The van der Waals surface area contributed by atoms with Crippen LogP contribution in [0.4, 0.5) is 0 Å². The maximum Gasteiger partial charge on any atom is 0.306 e. The molecule has 0 aliphatic heterocycles. The zero-order valence-electron chi connectivity index (χ0n) is 13.0. The number of rotatable bonds is 6. The third-order valence-electron chi connectivity index (χ3n) is 4.22. The Balaban J connectivity index is 1.89. The van der Waals surface area contributed by atoms with Gasteiger partial charge in [-0.3, -0.25) is 9.59 Å². The van der Waals surface area contributed by atoms with E-state index in [1.165, 1.54) is 0 Å². The highest BCUT2D eigenvalue weighted by molar-refractivity contribution is 7.90. The SMILES string of the molecule is CS(=O)(=O)c1ccccc1CCNC(=O)C1CCC(C(=O)O)C1. The van der Waals surface area contributed by atoms with E-state index in [1.54, 1.807) is 24.3 Å². The summed E-state index contributed by atoms with van der Waals surface area (Å²) in [6.45, 7) is 0.333. The topological polar surface area (TPSA) is 101 Å². The quantitative estimate of drug-likeness (QED) is 0.812. The Morgan fingerprint density at radius 2 is 1.87 bits per heavy atom. The van der Waals surface area contributed by atoms with Crippen LogP contribution in [0.1, 0.15) is 24.8 Å². The molecule has 0 spiro atoms. The van der Waals surface area contributed by atoms with E-state index in [0.717, 1.165) is 6.26 Å². The van der Waals surface area contributed by atoms with Crippen LogP contribution in [0.3, 0.4) is 0 Å². The molecular weight excluding hydrogens is 318 g/mol. The second kappa shape index (κ2) is 7.12. The lowest BCUT2D eigenvalue weighted by Crippen LogP contribution is -2.31. The third kappa shape index (κ3) is 4.54. The van der Waals surface area contributed by atoms with Gasteiger partial charge in [0.1, 0.15) is 0 Å². The molecule has 1 amide bonds. The summed E-state index contributed by atoms with van der Waals surface area (Å²) >= 11 is 0. The van der Waals surface area contributed by atoms with Crippen LogP contribution in [0.15, 0.2) is 29.2 Å². The molecule has 6 nitrogen and oxygen atoms in total. The number of carbonyl (C=O) groups excluding carboxylic acids is 1. The van der Waals surface area contributed by atoms with Crippen LogP contribution in [0.25, 0.3) is 0 Å². The predicted octanol–water partition coefficient (Wildman–Crippen LogP) is 1.25. The standard InChI is InChI=1S/C16H21NO5S/c1-23(21,22)14-5-3-2-4-11(14)8-9-17-15(18)12-6-7-13(10-12)16(19)20/h2-5,12-13H,6-10H2,1H3,(H,17,18)(H,19,20). The number of nitrogens with one attached hydrogen (secondary N) is 1. The number of carboxylic acid groups (broad SMARTS) is 1. The van der Waals surface area contributed by atoms with Gasteiger partial charge in [-0.15, -0.1) is 0 Å². The van der Waals surface area contributed by atoms with Crippen LogP contribution < -0.4 is 5.32 Å². The van der Waals surface area contributed by atoms with Gasteiger partial charge in [0.15, 0.2) is 9.84 Å². The number of carboxylic acids is 1.